The Bertz CT molecular complexity index is 276. The molecule has 0 saturated heterocycles. The van der Waals surface area contributed by atoms with Crippen molar-refractivity contribution < 1.29 is 4.74 Å². The van der Waals surface area contributed by atoms with Gasteiger partial charge in [0, 0.05) is 7.11 Å². The number of hydrogen-bond donors (Lipinski definition) is 0. The highest BCUT2D eigenvalue weighted by atomic mass is 16.5. The maximum atomic E-state index is 5.47. The third kappa shape index (κ3) is 2.10. The number of hydrogen-bond acceptors (Lipinski definition) is 1. The lowest BCUT2D eigenvalue weighted by Crippen LogP contribution is -2.21. The second-order valence-electron chi connectivity index (χ2n) is 3.73. The van der Waals surface area contributed by atoms with Crippen LogP contribution in [0.15, 0.2) is 24.3 Å². The van der Waals surface area contributed by atoms with Gasteiger partial charge in [-0.15, -0.1) is 0 Å². The van der Waals surface area contributed by atoms with E-state index in [2.05, 4.69) is 45.0 Å². The van der Waals surface area contributed by atoms with E-state index in [9.17, 15) is 0 Å². The molecule has 0 aliphatic carbocycles. The summed E-state index contributed by atoms with van der Waals surface area (Å²) in [4.78, 5) is 0. The number of methoxy groups -OCH3 is 1. The van der Waals surface area contributed by atoms with Crippen LogP contribution in [0.1, 0.15) is 31.9 Å². The molecule has 0 spiro atoms. The summed E-state index contributed by atoms with van der Waals surface area (Å²) in [7, 11) is 1.76. The van der Waals surface area contributed by atoms with Crippen molar-refractivity contribution in [2.75, 3.05) is 7.11 Å². The zero-order chi connectivity index (χ0) is 9.90. The lowest BCUT2D eigenvalue weighted by Gasteiger charge is -2.25. The van der Waals surface area contributed by atoms with Crippen LogP contribution in [-0.4, -0.2) is 7.11 Å². The average Bonchev–Trinajstić information content (AvgIpc) is 2.18. The molecule has 0 unspecified atom stereocenters. The average molecular weight is 178 g/mol. The van der Waals surface area contributed by atoms with E-state index in [0.717, 1.165) is 6.42 Å². The highest BCUT2D eigenvalue weighted by Crippen LogP contribution is 2.26. The predicted octanol–water partition coefficient (Wildman–Crippen LogP) is 3.13. The Morgan fingerprint density at radius 1 is 1.23 bits per heavy atom. The van der Waals surface area contributed by atoms with Crippen LogP contribution in [-0.2, 0) is 16.8 Å². The van der Waals surface area contributed by atoms with Crippen LogP contribution in [0.2, 0.25) is 0 Å². The van der Waals surface area contributed by atoms with Crippen molar-refractivity contribution in [3.8, 4) is 0 Å². The van der Waals surface area contributed by atoms with Crippen molar-refractivity contribution in [3.63, 3.8) is 0 Å². The molecular formula is C12H18O. The van der Waals surface area contributed by atoms with E-state index in [1.54, 1.807) is 7.11 Å². The van der Waals surface area contributed by atoms with E-state index in [-0.39, 0.29) is 5.60 Å². The summed E-state index contributed by atoms with van der Waals surface area (Å²) in [5.41, 5.74) is 2.49. The number of rotatable bonds is 3. The molecule has 72 valence electrons. The minimum atomic E-state index is -0.174. The van der Waals surface area contributed by atoms with Crippen LogP contribution in [0, 0.1) is 0 Å². The summed E-state index contributed by atoms with van der Waals surface area (Å²) >= 11 is 0. The second kappa shape index (κ2) is 3.93. The van der Waals surface area contributed by atoms with Crippen molar-refractivity contribution in [2.24, 2.45) is 0 Å². The first-order valence-electron chi connectivity index (χ1n) is 4.75. The van der Waals surface area contributed by atoms with Gasteiger partial charge in [0.1, 0.15) is 0 Å². The van der Waals surface area contributed by atoms with Gasteiger partial charge in [-0.3, -0.25) is 0 Å². The zero-order valence-electron chi connectivity index (χ0n) is 8.92. The lowest BCUT2D eigenvalue weighted by molar-refractivity contribution is 0.0185. The van der Waals surface area contributed by atoms with Crippen LogP contribution in [0.5, 0.6) is 0 Å². The maximum absolute atomic E-state index is 5.47. The molecule has 0 saturated carbocycles. The Labute approximate surface area is 80.7 Å². The van der Waals surface area contributed by atoms with E-state index in [1.165, 1.54) is 11.1 Å². The minimum Gasteiger partial charge on any atom is -0.374 e. The molecule has 0 bridgehead atoms. The third-order valence-corrected chi connectivity index (χ3v) is 2.56. The first-order chi connectivity index (χ1) is 6.11. The SMILES string of the molecule is CCc1ccccc1C(C)(C)OC. The van der Waals surface area contributed by atoms with E-state index >= 15 is 0 Å². The predicted molar refractivity (Wildman–Crippen MR) is 55.9 cm³/mol. The van der Waals surface area contributed by atoms with Gasteiger partial charge in [0.15, 0.2) is 0 Å². The molecule has 1 aromatic rings. The Balaban J connectivity index is 3.12. The molecule has 1 aromatic carbocycles. The molecule has 0 atom stereocenters. The quantitative estimate of drug-likeness (QED) is 0.691. The van der Waals surface area contributed by atoms with Crippen LogP contribution < -0.4 is 0 Å². The van der Waals surface area contributed by atoms with Crippen LogP contribution in [0.4, 0.5) is 0 Å². The summed E-state index contributed by atoms with van der Waals surface area (Å²) in [6, 6.07) is 8.45. The Morgan fingerprint density at radius 2 is 1.85 bits per heavy atom. The molecule has 13 heavy (non-hydrogen) atoms. The maximum Gasteiger partial charge on any atom is 0.0874 e. The van der Waals surface area contributed by atoms with Gasteiger partial charge in [-0.05, 0) is 31.4 Å². The summed E-state index contributed by atoms with van der Waals surface area (Å²) in [6.45, 7) is 6.37. The molecule has 0 heterocycles. The van der Waals surface area contributed by atoms with Gasteiger partial charge in [0.2, 0.25) is 0 Å². The monoisotopic (exact) mass is 178 g/mol. The van der Waals surface area contributed by atoms with Crippen LogP contribution >= 0.6 is 0 Å². The zero-order valence-corrected chi connectivity index (χ0v) is 8.92. The fourth-order valence-corrected chi connectivity index (χ4v) is 1.53. The Hall–Kier alpha value is -0.820. The summed E-state index contributed by atoms with van der Waals surface area (Å²) < 4.78 is 5.47. The van der Waals surface area contributed by atoms with Gasteiger partial charge in [-0.2, -0.15) is 0 Å². The molecular weight excluding hydrogens is 160 g/mol. The van der Waals surface area contributed by atoms with E-state index < -0.39 is 0 Å². The molecule has 0 aliphatic heterocycles. The lowest BCUT2D eigenvalue weighted by atomic mass is 9.92. The molecule has 0 N–H and O–H groups in total. The standard InChI is InChI=1S/C12H18O/c1-5-10-8-6-7-9-11(10)12(2,3)13-4/h6-9H,5H2,1-4H3. The van der Waals surface area contributed by atoms with Crippen molar-refractivity contribution in [2.45, 2.75) is 32.8 Å². The first-order valence-corrected chi connectivity index (χ1v) is 4.75. The second-order valence-corrected chi connectivity index (χ2v) is 3.73. The Kier molecular flexibility index (Phi) is 3.10. The fourth-order valence-electron chi connectivity index (χ4n) is 1.53. The van der Waals surface area contributed by atoms with Gasteiger partial charge >= 0.3 is 0 Å². The van der Waals surface area contributed by atoms with Gasteiger partial charge in [0.25, 0.3) is 0 Å². The van der Waals surface area contributed by atoms with E-state index in [1.807, 2.05) is 0 Å². The minimum absolute atomic E-state index is 0.174. The van der Waals surface area contributed by atoms with E-state index in [4.69, 9.17) is 4.74 Å². The summed E-state index contributed by atoms with van der Waals surface area (Å²) in [5, 5.41) is 0. The molecule has 0 radical (unpaired) electrons. The van der Waals surface area contributed by atoms with Crippen molar-refractivity contribution in [3.05, 3.63) is 35.4 Å². The van der Waals surface area contributed by atoms with Gasteiger partial charge in [-0.25, -0.2) is 0 Å². The van der Waals surface area contributed by atoms with Crippen LogP contribution in [0.3, 0.4) is 0 Å². The number of ether oxygens (including phenoxy) is 1. The topological polar surface area (TPSA) is 9.23 Å². The fraction of sp³-hybridized carbons (Fsp3) is 0.500. The molecule has 0 aromatic heterocycles. The smallest absolute Gasteiger partial charge is 0.0874 e. The van der Waals surface area contributed by atoms with Crippen molar-refractivity contribution in [1.82, 2.24) is 0 Å². The van der Waals surface area contributed by atoms with Gasteiger partial charge < -0.3 is 4.74 Å². The summed E-state index contributed by atoms with van der Waals surface area (Å²) in [6.07, 6.45) is 1.06. The third-order valence-electron chi connectivity index (χ3n) is 2.56. The van der Waals surface area contributed by atoms with E-state index in [0.29, 0.717) is 0 Å². The molecule has 0 amide bonds. The summed E-state index contributed by atoms with van der Waals surface area (Å²) in [5.74, 6) is 0. The first kappa shape index (κ1) is 10.3. The highest BCUT2D eigenvalue weighted by molar-refractivity contribution is 5.31. The number of aryl methyl sites for hydroxylation is 1. The largest absolute Gasteiger partial charge is 0.374 e. The van der Waals surface area contributed by atoms with Crippen molar-refractivity contribution >= 4 is 0 Å². The molecule has 1 nitrogen and oxygen atoms in total. The van der Waals surface area contributed by atoms with Crippen molar-refractivity contribution in [1.29, 1.82) is 0 Å². The molecule has 0 aliphatic rings. The molecule has 1 heteroatoms. The molecule has 0 fully saturated rings. The Morgan fingerprint density at radius 3 is 2.38 bits per heavy atom. The normalized spacial score (nSPS) is 11.7. The van der Waals surface area contributed by atoms with Gasteiger partial charge in [0.05, 0.1) is 5.60 Å². The molecule has 1 rings (SSSR count). The number of benzene rings is 1. The highest BCUT2D eigenvalue weighted by Gasteiger charge is 2.21. The van der Waals surface area contributed by atoms with Gasteiger partial charge in [-0.1, -0.05) is 31.2 Å². The van der Waals surface area contributed by atoms with Crippen LogP contribution in [0.25, 0.3) is 0 Å².